The van der Waals surface area contributed by atoms with Crippen molar-refractivity contribution in [1.29, 1.82) is 0 Å². The van der Waals surface area contributed by atoms with Crippen LogP contribution < -0.4 is 10.1 Å². The SMILES string of the molecule is CCOc1cc(/C=C2\SC(=S)N(CCCC(=O)NCc3ccccc3)C2=O)ccc1O. The Kier molecular flexibility index (Phi) is 8.08. The topological polar surface area (TPSA) is 78.9 Å². The van der Waals surface area contributed by atoms with Gasteiger partial charge < -0.3 is 15.2 Å². The van der Waals surface area contributed by atoms with E-state index < -0.39 is 0 Å². The molecule has 0 atom stereocenters. The molecular weight excluding hydrogens is 432 g/mol. The first-order chi connectivity index (χ1) is 15.0. The predicted octanol–water partition coefficient (Wildman–Crippen LogP) is 4.09. The number of hydrogen-bond donors (Lipinski definition) is 2. The number of phenols is 1. The highest BCUT2D eigenvalue weighted by Crippen LogP contribution is 2.34. The number of thioether (sulfide) groups is 1. The van der Waals surface area contributed by atoms with Crippen LogP contribution in [0.2, 0.25) is 0 Å². The van der Waals surface area contributed by atoms with E-state index in [0.717, 1.165) is 11.1 Å². The van der Waals surface area contributed by atoms with E-state index in [4.69, 9.17) is 17.0 Å². The zero-order valence-corrected chi connectivity index (χ0v) is 18.8. The largest absolute Gasteiger partial charge is 0.504 e. The Hall–Kier alpha value is -2.84. The van der Waals surface area contributed by atoms with Crippen molar-refractivity contribution >= 4 is 46.2 Å². The number of phenolic OH excluding ortho intramolecular Hbond substituents is 1. The Balaban J connectivity index is 1.52. The van der Waals surface area contributed by atoms with Crippen LogP contribution in [0.1, 0.15) is 30.9 Å². The van der Waals surface area contributed by atoms with Gasteiger partial charge in [0, 0.05) is 19.5 Å². The van der Waals surface area contributed by atoms with Gasteiger partial charge in [0.25, 0.3) is 5.91 Å². The molecule has 0 aromatic heterocycles. The van der Waals surface area contributed by atoms with Gasteiger partial charge in [0.15, 0.2) is 11.5 Å². The number of nitrogens with zero attached hydrogens (tertiary/aromatic N) is 1. The van der Waals surface area contributed by atoms with Gasteiger partial charge in [0.2, 0.25) is 5.91 Å². The lowest BCUT2D eigenvalue weighted by molar-refractivity contribution is -0.124. The second-order valence-corrected chi connectivity index (χ2v) is 8.54. The molecule has 0 spiro atoms. The Morgan fingerprint density at radius 3 is 2.77 bits per heavy atom. The second kappa shape index (κ2) is 11.0. The molecule has 1 saturated heterocycles. The number of carbonyl (C=O) groups excluding carboxylic acids is 2. The van der Waals surface area contributed by atoms with Crippen molar-refractivity contribution in [3.63, 3.8) is 0 Å². The standard InChI is InChI=1S/C23H24N2O4S2/c1-2-29-19-13-17(10-11-18(19)26)14-20-22(28)25(23(30)31-20)12-6-9-21(27)24-15-16-7-4-3-5-8-16/h3-5,7-8,10-11,13-14,26H,2,6,9,12,15H2,1H3,(H,24,27)/b20-14-. The molecule has 2 aromatic rings. The zero-order valence-electron chi connectivity index (χ0n) is 17.2. The minimum absolute atomic E-state index is 0.0529. The van der Waals surface area contributed by atoms with Crippen LogP contribution in [0.5, 0.6) is 11.5 Å². The van der Waals surface area contributed by atoms with Gasteiger partial charge in [-0.3, -0.25) is 14.5 Å². The lowest BCUT2D eigenvalue weighted by Crippen LogP contribution is -2.30. The van der Waals surface area contributed by atoms with Crippen molar-refractivity contribution in [2.75, 3.05) is 13.2 Å². The number of benzene rings is 2. The van der Waals surface area contributed by atoms with Gasteiger partial charge in [-0.2, -0.15) is 0 Å². The number of hydrogen-bond acceptors (Lipinski definition) is 6. The van der Waals surface area contributed by atoms with Gasteiger partial charge in [-0.05, 0) is 42.7 Å². The normalized spacial score (nSPS) is 14.9. The van der Waals surface area contributed by atoms with E-state index in [1.807, 2.05) is 37.3 Å². The maximum atomic E-state index is 12.8. The molecular formula is C23H24N2O4S2. The maximum Gasteiger partial charge on any atom is 0.266 e. The summed E-state index contributed by atoms with van der Waals surface area (Å²) < 4.78 is 5.87. The second-order valence-electron chi connectivity index (χ2n) is 6.86. The summed E-state index contributed by atoms with van der Waals surface area (Å²) in [7, 11) is 0. The molecule has 2 N–H and O–H groups in total. The quantitative estimate of drug-likeness (QED) is 0.437. The van der Waals surface area contributed by atoms with Crippen LogP contribution in [0.25, 0.3) is 6.08 Å². The van der Waals surface area contributed by atoms with Gasteiger partial charge >= 0.3 is 0 Å². The summed E-state index contributed by atoms with van der Waals surface area (Å²) in [5.41, 5.74) is 1.78. The van der Waals surface area contributed by atoms with Gasteiger partial charge in [-0.25, -0.2) is 0 Å². The molecule has 0 unspecified atom stereocenters. The predicted molar refractivity (Wildman–Crippen MR) is 127 cm³/mol. The number of rotatable bonds is 9. The minimum Gasteiger partial charge on any atom is -0.504 e. The first kappa shape index (κ1) is 22.8. The first-order valence-corrected chi connectivity index (χ1v) is 11.2. The average molecular weight is 457 g/mol. The number of nitrogens with one attached hydrogen (secondary N) is 1. The van der Waals surface area contributed by atoms with Gasteiger partial charge in [0.05, 0.1) is 11.5 Å². The fourth-order valence-corrected chi connectivity index (χ4v) is 4.33. The summed E-state index contributed by atoms with van der Waals surface area (Å²) in [6.07, 6.45) is 2.57. The van der Waals surface area contributed by atoms with Crippen molar-refractivity contribution in [3.8, 4) is 11.5 Å². The van der Waals surface area contributed by atoms with E-state index in [9.17, 15) is 14.7 Å². The molecule has 1 heterocycles. The molecule has 3 rings (SSSR count). The van der Waals surface area contributed by atoms with E-state index in [1.165, 1.54) is 22.7 Å². The van der Waals surface area contributed by atoms with E-state index in [1.54, 1.807) is 18.2 Å². The summed E-state index contributed by atoms with van der Waals surface area (Å²) in [6, 6.07) is 14.6. The fraction of sp³-hybridized carbons (Fsp3) is 0.261. The molecule has 2 aromatic carbocycles. The number of amides is 2. The molecule has 1 fully saturated rings. The van der Waals surface area contributed by atoms with Crippen LogP contribution in [-0.4, -0.2) is 39.3 Å². The Bertz CT molecular complexity index is 992. The fourth-order valence-electron chi connectivity index (χ4n) is 3.02. The number of aromatic hydroxyl groups is 1. The zero-order chi connectivity index (χ0) is 22.2. The highest BCUT2D eigenvalue weighted by atomic mass is 32.2. The van der Waals surface area contributed by atoms with Crippen molar-refractivity contribution in [3.05, 3.63) is 64.6 Å². The number of ether oxygens (including phenoxy) is 1. The molecule has 1 aliphatic rings. The Labute approximate surface area is 191 Å². The Morgan fingerprint density at radius 1 is 1.26 bits per heavy atom. The van der Waals surface area contributed by atoms with Gasteiger partial charge in [-0.15, -0.1) is 0 Å². The third-order valence-corrected chi connectivity index (χ3v) is 5.95. The number of thiocarbonyl (C=S) groups is 1. The van der Waals surface area contributed by atoms with Crippen molar-refractivity contribution in [2.24, 2.45) is 0 Å². The molecule has 8 heteroatoms. The van der Waals surface area contributed by atoms with Crippen LogP contribution in [0.4, 0.5) is 0 Å². The Morgan fingerprint density at radius 2 is 2.03 bits per heavy atom. The summed E-state index contributed by atoms with van der Waals surface area (Å²) in [5.74, 6) is 0.188. The maximum absolute atomic E-state index is 12.8. The highest BCUT2D eigenvalue weighted by Gasteiger charge is 2.31. The molecule has 2 amide bonds. The van der Waals surface area contributed by atoms with E-state index in [0.29, 0.717) is 47.5 Å². The van der Waals surface area contributed by atoms with Gasteiger partial charge in [0.1, 0.15) is 4.32 Å². The van der Waals surface area contributed by atoms with Crippen LogP contribution in [-0.2, 0) is 16.1 Å². The lowest BCUT2D eigenvalue weighted by atomic mass is 10.2. The summed E-state index contributed by atoms with van der Waals surface area (Å²) in [4.78, 5) is 26.9. The van der Waals surface area contributed by atoms with E-state index >= 15 is 0 Å². The first-order valence-electron chi connectivity index (χ1n) is 9.99. The number of carbonyl (C=O) groups is 2. The average Bonchev–Trinajstić information content (AvgIpc) is 3.03. The lowest BCUT2D eigenvalue weighted by Gasteiger charge is -2.14. The summed E-state index contributed by atoms with van der Waals surface area (Å²) in [5, 5.41) is 12.7. The summed E-state index contributed by atoms with van der Waals surface area (Å²) >= 11 is 6.59. The van der Waals surface area contributed by atoms with Gasteiger partial charge in [-0.1, -0.05) is 60.4 Å². The third kappa shape index (κ3) is 6.32. The molecule has 1 aliphatic heterocycles. The van der Waals surface area contributed by atoms with E-state index in [2.05, 4.69) is 5.32 Å². The molecule has 162 valence electrons. The third-order valence-electron chi connectivity index (χ3n) is 4.57. The molecule has 0 aliphatic carbocycles. The van der Waals surface area contributed by atoms with Crippen LogP contribution in [0.15, 0.2) is 53.4 Å². The molecule has 0 saturated carbocycles. The van der Waals surface area contributed by atoms with Crippen LogP contribution >= 0.6 is 24.0 Å². The molecule has 31 heavy (non-hydrogen) atoms. The van der Waals surface area contributed by atoms with Crippen molar-refractivity contribution in [1.82, 2.24) is 10.2 Å². The van der Waals surface area contributed by atoms with Crippen LogP contribution in [0.3, 0.4) is 0 Å². The molecule has 6 nitrogen and oxygen atoms in total. The summed E-state index contributed by atoms with van der Waals surface area (Å²) in [6.45, 7) is 3.14. The monoisotopic (exact) mass is 456 g/mol. The van der Waals surface area contributed by atoms with Crippen molar-refractivity contribution < 1.29 is 19.4 Å². The van der Waals surface area contributed by atoms with Crippen molar-refractivity contribution in [2.45, 2.75) is 26.3 Å². The molecule has 0 bridgehead atoms. The smallest absolute Gasteiger partial charge is 0.266 e. The van der Waals surface area contributed by atoms with Crippen LogP contribution in [0, 0.1) is 0 Å². The highest BCUT2D eigenvalue weighted by molar-refractivity contribution is 8.26. The van der Waals surface area contributed by atoms with E-state index in [-0.39, 0.29) is 17.6 Å². The molecule has 0 radical (unpaired) electrons. The minimum atomic E-state index is -0.175.